The molecule has 39 heavy (non-hydrogen) atoms. The molecule has 2 heterocycles. The Morgan fingerprint density at radius 3 is 2.46 bits per heavy atom. The molecule has 4 rings (SSSR count). The molecule has 0 saturated carbocycles. The zero-order chi connectivity index (χ0) is 28.2. The molecular weight excluding hydrogens is 570 g/mol. The van der Waals surface area contributed by atoms with Gasteiger partial charge in [-0.3, -0.25) is 10.1 Å². The van der Waals surface area contributed by atoms with Crippen LogP contribution in [-0.2, 0) is 4.74 Å². The SMILES string of the molecule is COc1cc(N2CCN(C(=O)OC(C)(C)C)CC2)ccc1Nc1ncc(Br)c(Nc2ccccc2[N+](=O)[O-])n1. The number of carbonyl (C=O) groups excluding carboxylic acids is 1. The third kappa shape index (κ3) is 7.05. The van der Waals surface area contributed by atoms with E-state index in [0.29, 0.717) is 53.6 Å². The topological polar surface area (TPSA) is 135 Å². The molecule has 0 aliphatic carbocycles. The summed E-state index contributed by atoms with van der Waals surface area (Å²) in [5.74, 6) is 1.22. The van der Waals surface area contributed by atoms with E-state index in [2.05, 4.69) is 41.4 Å². The largest absolute Gasteiger partial charge is 0.494 e. The fraction of sp³-hybridized carbons (Fsp3) is 0.346. The van der Waals surface area contributed by atoms with Gasteiger partial charge in [0.2, 0.25) is 5.95 Å². The monoisotopic (exact) mass is 599 g/mol. The van der Waals surface area contributed by atoms with Crippen molar-refractivity contribution >= 4 is 56.5 Å². The summed E-state index contributed by atoms with van der Waals surface area (Å²) in [7, 11) is 1.58. The molecule has 2 aromatic carbocycles. The minimum Gasteiger partial charge on any atom is -0.494 e. The predicted molar refractivity (Wildman–Crippen MR) is 152 cm³/mol. The van der Waals surface area contributed by atoms with Crippen LogP contribution in [0.15, 0.2) is 53.1 Å². The number of nitrogens with zero attached hydrogens (tertiary/aromatic N) is 5. The number of halogens is 1. The minimum atomic E-state index is -0.528. The van der Waals surface area contributed by atoms with Gasteiger partial charge in [-0.15, -0.1) is 0 Å². The number of aromatic nitrogens is 2. The number of nitrogens with one attached hydrogen (secondary N) is 2. The second-order valence-electron chi connectivity index (χ2n) is 9.75. The molecule has 13 heteroatoms. The fourth-order valence-electron chi connectivity index (χ4n) is 3.96. The van der Waals surface area contributed by atoms with Crippen molar-refractivity contribution in [3.05, 3.63) is 63.2 Å². The number of methoxy groups -OCH3 is 1. The van der Waals surface area contributed by atoms with Gasteiger partial charge in [-0.05, 0) is 54.9 Å². The molecule has 0 atom stereocenters. The average molecular weight is 600 g/mol. The maximum absolute atomic E-state index is 12.4. The van der Waals surface area contributed by atoms with E-state index in [1.807, 2.05) is 39.0 Å². The van der Waals surface area contributed by atoms with Crippen molar-refractivity contribution in [2.45, 2.75) is 26.4 Å². The molecule has 12 nitrogen and oxygen atoms in total. The number of carbonyl (C=O) groups is 1. The zero-order valence-corrected chi connectivity index (χ0v) is 23.7. The number of nitro benzene ring substituents is 1. The zero-order valence-electron chi connectivity index (χ0n) is 22.1. The molecule has 1 amide bonds. The number of amides is 1. The molecule has 206 valence electrons. The van der Waals surface area contributed by atoms with Crippen molar-refractivity contribution in [2.75, 3.05) is 48.8 Å². The molecule has 1 fully saturated rings. The first-order chi connectivity index (χ1) is 18.5. The van der Waals surface area contributed by atoms with E-state index >= 15 is 0 Å². The van der Waals surface area contributed by atoms with Gasteiger partial charge >= 0.3 is 6.09 Å². The number of nitro groups is 1. The first kappa shape index (κ1) is 27.9. The maximum Gasteiger partial charge on any atom is 0.410 e. The summed E-state index contributed by atoms with van der Waals surface area (Å²) in [5.41, 5.74) is 1.31. The van der Waals surface area contributed by atoms with Gasteiger partial charge in [0.1, 0.15) is 17.0 Å². The number of rotatable bonds is 7. The van der Waals surface area contributed by atoms with Crippen LogP contribution in [0.1, 0.15) is 20.8 Å². The van der Waals surface area contributed by atoms with Crippen LogP contribution in [0.3, 0.4) is 0 Å². The highest BCUT2D eigenvalue weighted by atomic mass is 79.9. The summed E-state index contributed by atoms with van der Waals surface area (Å²) in [4.78, 5) is 36.0. The normalized spacial score (nSPS) is 13.6. The number of hydrogen-bond donors (Lipinski definition) is 2. The Bertz CT molecular complexity index is 1360. The quantitative estimate of drug-likeness (QED) is 0.257. The molecule has 3 aromatic rings. The highest BCUT2D eigenvalue weighted by Crippen LogP contribution is 2.34. The molecule has 1 saturated heterocycles. The van der Waals surface area contributed by atoms with Crippen LogP contribution in [0.5, 0.6) is 5.75 Å². The Morgan fingerprint density at radius 2 is 1.79 bits per heavy atom. The second-order valence-corrected chi connectivity index (χ2v) is 10.6. The van der Waals surface area contributed by atoms with Crippen molar-refractivity contribution < 1.29 is 19.2 Å². The van der Waals surface area contributed by atoms with Crippen LogP contribution in [-0.4, -0.2) is 64.8 Å². The number of benzene rings is 2. The molecule has 1 aromatic heterocycles. The molecule has 0 bridgehead atoms. The van der Waals surface area contributed by atoms with Crippen molar-refractivity contribution in [1.29, 1.82) is 0 Å². The van der Waals surface area contributed by atoms with Gasteiger partial charge < -0.3 is 29.9 Å². The van der Waals surface area contributed by atoms with Gasteiger partial charge in [0, 0.05) is 50.2 Å². The standard InChI is InChI=1S/C26H30BrN7O5/c1-26(2,3)39-25(35)33-13-11-32(12-14-33)17-9-10-20(22(15-17)38-4)30-24-28-16-18(27)23(31-24)29-19-7-5-6-8-21(19)34(36)37/h5-10,15-16H,11-14H2,1-4H3,(H2,28,29,30,31). The van der Waals surface area contributed by atoms with Gasteiger partial charge in [-0.2, -0.15) is 4.98 Å². The predicted octanol–water partition coefficient (Wildman–Crippen LogP) is 5.70. The van der Waals surface area contributed by atoms with Crippen LogP contribution in [0.4, 0.5) is 39.3 Å². The molecule has 0 spiro atoms. The van der Waals surface area contributed by atoms with Gasteiger partial charge in [0.25, 0.3) is 5.69 Å². The maximum atomic E-state index is 12.4. The Hall–Kier alpha value is -4.13. The number of anilines is 5. The van der Waals surface area contributed by atoms with Crippen molar-refractivity contribution in [2.24, 2.45) is 0 Å². The van der Waals surface area contributed by atoms with E-state index in [1.165, 1.54) is 6.07 Å². The summed E-state index contributed by atoms with van der Waals surface area (Å²) in [6.07, 6.45) is 1.25. The lowest BCUT2D eigenvalue weighted by Gasteiger charge is -2.37. The second kappa shape index (κ2) is 11.7. The van der Waals surface area contributed by atoms with Crippen LogP contribution in [0.2, 0.25) is 0 Å². The molecule has 0 unspecified atom stereocenters. The molecular formula is C26H30BrN7O5. The third-order valence-corrected chi connectivity index (χ3v) is 6.41. The minimum absolute atomic E-state index is 0.0679. The molecule has 2 N–H and O–H groups in total. The Labute approximate surface area is 234 Å². The lowest BCUT2D eigenvalue weighted by Crippen LogP contribution is -2.50. The van der Waals surface area contributed by atoms with E-state index in [4.69, 9.17) is 9.47 Å². The van der Waals surface area contributed by atoms with Crippen LogP contribution >= 0.6 is 15.9 Å². The Kier molecular flexibility index (Phi) is 8.38. The smallest absolute Gasteiger partial charge is 0.410 e. The van der Waals surface area contributed by atoms with Gasteiger partial charge in [0.15, 0.2) is 5.82 Å². The summed E-state index contributed by atoms with van der Waals surface area (Å²) >= 11 is 3.40. The lowest BCUT2D eigenvalue weighted by molar-refractivity contribution is -0.383. The number of piperazine rings is 1. The summed E-state index contributed by atoms with van der Waals surface area (Å²) in [6.45, 7) is 7.99. The van der Waals surface area contributed by atoms with E-state index < -0.39 is 10.5 Å². The molecule has 0 radical (unpaired) electrons. The Balaban J connectivity index is 1.46. The van der Waals surface area contributed by atoms with Gasteiger partial charge in [-0.25, -0.2) is 9.78 Å². The molecule has 1 aliphatic heterocycles. The highest BCUT2D eigenvalue weighted by molar-refractivity contribution is 9.10. The fourth-order valence-corrected chi connectivity index (χ4v) is 4.25. The van der Waals surface area contributed by atoms with Gasteiger partial charge in [-0.1, -0.05) is 12.1 Å². The number of ether oxygens (including phenoxy) is 2. The van der Waals surface area contributed by atoms with Crippen molar-refractivity contribution in [3.63, 3.8) is 0 Å². The highest BCUT2D eigenvalue weighted by Gasteiger charge is 2.26. The summed E-state index contributed by atoms with van der Waals surface area (Å²) in [6, 6.07) is 12.1. The van der Waals surface area contributed by atoms with E-state index in [9.17, 15) is 14.9 Å². The van der Waals surface area contributed by atoms with Crippen LogP contribution in [0.25, 0.3) is 0 Å². The van der Waals surface area contributed by atoms with Crippen molar-refractivity contribution in [3.8, 4) is 5.75 Å². The number of para-hydroxylation sites is 2. The molecule has 1 aliphatic rings. The first-order valence-corrected chi connectivity index (χ1v) is 13.0. The van der Waals surface area contributed by atoms with E-state index in [-0.39, 0.29) is 17.7 Å². The Morgan fingerprint density at radius 1 is 1.08 bits per heavy atom. The third-order valence-electron chi connectivity index (χ3n) is 5.83. The number of hydrogen-bond acceptors (Lipinski definition) is 10. The van der Waals surface area contributed by atoms with E-state index in [0.717, 1.165) is 5.69 Å². The first-order valence-electron chi connectivity index (χ1n) is 12.2. The average Bonchev–Trinajstić information content (AvgIpc) is 2.90. The van der Waals surface area contributed by atoms with Crippen LogP contribution in [0, 0.1) is 10.1 Å². The van der Waals surface area contributed by atoms with Crippen LogP contribution < -0.4 is 20.3 Å². The van der Waals surface area contributed by atoms with E-state index in [1.54, 1.807) is 36.4 Å². The summed E-state index contributed by atoms with van der Waals surface area (Å²) in [5, 5.41) is 17.5. The van der Waals surface area contributed by atoms with Crippen molar-refractivity contribution in [1.82, 2.24) is 14.9 Å². The van der Waals surface area contributed by atoms with Gasteiger partial charge in [0.05, 0.1) is 22.2 Å². The summed E-state index contributed by atoms with van der Waals surface area (Å²) < 4.78 is 11.6. The lowest BCUT2D eigenvalue weighted by atomic mass is 10.2.